The van der Waals surface area contributed by atoms with Gasteiger partial charge >= 0.3 is 11.9 Å². The molecule has 0 bridgehead atoms. The van der Waals surface area contributed by atoms with Gasteiger partial charge in [0.05, 0.1) is 11.1 Å². The Hall–Kier alpha value is -4.24. The Kier molecular flexibility index (Phi) is 5.28. The average molecular weight is 374 g/mol. The van der Waals surface area contributed by atoms with Crippen LogP contribution in [0.25, 0.3) is 0 Å². The SMILES string of the molecule is C#Cc1c(Oc2ccc(C(=O)O)cc2)cccc1Oc1ccc(C(=O)O)cc1. The van der Waals surface area contributed by atoms with Gasteiger partial charge in [-0.2, -0.15) is 0 Å². The molecule has 3 rings (SSSR count). The first-order valence-electron chi connectivity index (χ1n) is 8.10. The summed E-state index contributed by atoms with van der Waals surface area (Å²) in [5.74, 6) is 2.04. The zero-order valence-corrected chi connectivity index (χ0v) is 14.5. The number of carboxylic acid groups (broad SMARTS) is 2. The minimum atomic E-state index is -1.03. The highest BCUT2D eigenvalue weighted by Gasteiger charge is 2.12. The van der Waals surface area contributed by atoms with Gasteiger partial charge in [-0.15, -0.1) is 6.42 Å². The lowest BCUT2D eigenvalue weighted by Gasteiger charge is -2.13. The summed E-state index contributed by atoms with van der Waals surface area (Å²) in [5.41, 5.74) is 0.657. The molecule has 6 heteroatoms. The smallest absolute Gasteiger partial charge is 0.335 e. The van der Waals surface area contributed by atoms with Gasteiger partial charge in [0.2, 0.25) is 0 Å². The maximum absolute atomic E-state index is 10.9. The Morgan fingerprint density at radius 2 is 1.11 bits per heavy atom. The second-order valence-electron chi connectivity index (χ2n) is 5.64. The second-order valence-corrected chi connectivity index (χ2v) is 5.64. The van der Waals surface area contributed by atoms with Crippen LogP contribution in [-0.2, 0) is 0 Å². The van der Waals surface area contributed by atoms with E-state index in [4.69, 9.17) is 26.1 Å². The molecule has 0 atom stereocenters. The van der Waals surface area contributed by atoms with Crippen molar-refractivity contribution in [3.8, 4) is 35.3 Å². The molecule has 3 aromatic rings. The van der Waals surface area contributed by atoms with Gasteiger partial charge in [0.15, 0.2) is 0 Å². The summed E-state index contributed by atoms with van der Waals surface area (Å²) < 4.78 is 11.5. The summed E-state index contributed by atoms with van der Waals surface area (Å²) in [7, 11) is 0. The first kappa shape index (κ1) is 18.5. The number of rotatable bonds is 6. The van der Waals surface area contributed by atoms with Crippen LogP contribution in [0.15, 0.2) is 66.7 Å². The van der Waals surface area contributed by atoms with Gasteiger partial charge in [0.25, 0.3) is 0 Å². The van der Waals surface area contributed by atoms with E-state index in [1.54, 1.807) is 18.2 Å². The Morgan fingerprint density at radius 3 is 1.43 bits per heavy atom. The number of aromatic carboxylic acids is 2. The molecule has 0 amide bonds. The second kappa shape index (κ2) is 7.98. The van der Waals surface area contributed by atoms with Crippen molar-refractivity contribution < 1.29 is 29.3 Å². The maximum Gasteiger partial charge on any atom is 0.335 e. The lowest BCUT2D eigenvalue weighted by molar-refractivity contribution is 0.0686. The van der Waals surface area contributed by atoms with E-state index in [0.717, 1.165) is 0 Å². The van der Waals surface area contributed by atoms with Crippen LogP contribution in [0.1, 0.15) is 26.3 Å². The Balaban J connectivity index is 1.85. The number of carbonyl (C=O) groups is 2. The predicted octanol–water partition coefficient (Wildman–Crippen LogP) is 4.65. The van der Waals surface area contributed by atoms with Crippen LogP contribution < -0.4 is 9.47 Å². The van der Waals surface area contributed by atoms with Gasteiger partial charge in [0.1, 0.15) is 28.6 Å². The minimum Gasteiger partial charge on any atom is -0.478 e. The van der Waals surface area contributed by atoms with Crippen molar-refractivity contribution in [2.24, 2.45) is 0 Å². The summed E-state index contributed by atoms with van der Waals surface area (Å²) in [6, 6.07) is 16.9. The van der Waals surface area contributed by atoms with E-state index in [1.165, 1.54) is 48.5 Å². The zero-order chi connectivity index (χ0) is 20.1. The van der Waals surface area contributed by atoms with Gasteiger partial charge in [0, 0.05) is 0 Å². The molecule has 3 aromatic carbocycles. The third-order valence-electron chi connectivity index (χ3n) is 3.79. The summed E-state index contributed by atoms with van der Waals surface area (Å²) in [6.45, 7) is 0. The number of terminal acetylenes is 1. The molecule has 28 heavy (non-hydrogen) atoms. The molecule has 0 spiro atoms. The summed E-state index contributed by atoms with van der Waals surface area (Å²) in [6.07, 6.45) is 5.62. The molecule has 138 valence electrons. The fraction of sp³-hybridized carbons (Fsp3) is 0. The third kappa shape index (κ3) is 4.11. The topological polar surface area (TPSA) is 93.1 Å². The van der Waals surface area contributed by atoms with E-state index in [9.17, 15) is 9.59 Å². The highest BCUT2D eigenvalue weighted by molar-refractivity contribution is 5.88. The molecule has 0 aliphatic carbocycles. The van der Waals surface area contributed by atoms with Gasteiger partial charge < -0.3 is 19.7 Å². The molecule has 0 aliphatic heterocycles. The fourth-order valence-electron chi connectivity index (χ4n) is 2.41. The number of benzene rings is 3. The van der Waals surface area contributed by atoms with Crippen LogP contribution in [-0.4, -0.2) is 22.2 Å². The molecule has 0 fully saturated rings. The van der Waals surface area contributed by atoms with Gasteiger partial charge in [-0.3, -0.25) is 0 Å². The normalized spacial score (nSPS) is 9.96. The van der Waals surface area contributed by atoms with Crippen molar-refractivity contribution in [2.45, 2.75) is 0 Å². The highest BCUT2D eigenvalue weighted by atomic mass is 16.5. The molecule has 0 radical (unpaired) electrons. The predicted molar refractivity (Wildman–Crippen MR) is 101 cm³/mol. The molecule has 0 aliphatic rings. The Morgan fingerprint density at radius 1 is 0.714 bits per heavy atom. The van der Waals surface area contributed by atoms with Crippen LogP contribution in [0.5, 0.6) is 23.0 Å². The number of hydrogen-bond donors (Lipinski definition) is 2. The quantitative estimate of drug-likeness (QED) is 0.610. The molecular formula is C22H14O6. The standard InChI is InChI=1S/C22H14O6/c1-2-18-19(27-16-10-6-14(7-11-16)21(23)24)4-3-5-20(18)28-17-12-8-15(9-13-17)22(25)26/h1,3-13H,(H,23,24)(H,25,26). The summed E-state index contributed by atoms with van der Waals surface area (Å²) in [4.78, 5) is 21.9. The van der Waals surface area contributed by atoms with Crippen molar-refractivity contribution in [1.29, 1.82) is 0 Å². The molecule has 0 saturated heterocycles. The van der Waals surface area contributed by atoms with Crippen molar-refractivity contribution >= 4 is 11.9 Å². The average Bonchev–Trinajstić information content (AvgIpc) is 2.69. The van der Waals surface area contributed by atoms with Gasteiger partial charge in [-0.25, -0.2) is 9.59 Å². The van der Waals surface area contributed by atoms with E-state index in [1.807, 2.05) is 0 Å². The Bertz CT molecular complexity index is 982. The maximum atomic E-state index is 10.9. The largest absolute Gasteiger partial charge is 0.478 e. The van der Waals surface area contributed by atoms with Crippen LogP contribution in [0.3, 0.4) is 0 Å². The molecule has 6 nitrogen and oxygen atoms in total. The highest BCUT2D eigenvalue weighted by Crippen LogP contribution is 2.34. The summed E-state index contributed by atoms with van der Waals surface area (Å²) >= 11 is 0. The van der Waals surface area contributed by atoms with Crippen molar-refractivity contribution in [3.63, 3.8) is 0 Å². The van der Waals surface area contributed by atoms with Crippen LogP contribution >= 0.6 is 0 Å². The third-order valence-corrected chi connectivity index (χ3v) is 3.79. The number of ether oxygens (including phenoxy) is 2. The minimum absolute atomic E-state index is 0.145. The Labute approximate surface area is 160 Å². The van der Waals surface area contributed by atoms with Crippen LogP contribution in [0, 0.1) is 12.3 Å². The molecule has 0 unspecified atom stereocenters. The van der Waals surface area contributed by atoms with Crippen molar-refractivity contribution in [2.75, 3.05) is 0 Å². The summed E-state index contributed by atoms with van der Waals surface area (Å²) in [5, 5.41) is 17.9. The van der Waals surface area contributed by atoms with Gasteiger partial charge in [-0.1, -0.05) is 12.0 Å². The van der Waals surface area contributed by atoms with Crippen LogP contribution in [0.2, 0.25) is 0 Å². The molecule has 2 N–H and O–H groups in total. The van der Waals surface area contributed by atoms with Crippen molar-refractivity contribution in [3.05, 3.63) is 83.4 Å². The molecule has 0 heterocycles. The van der Waals surface area contributed by atoms with Crippen molar-refractivity contribution in [1.82, 2.24) is 0 Å². The first-order chi connectivity index (χ1) is 13.5. The van der Waals surface area contributed by atoms with E-state index >= 15 is 0 Å². The van der Waals surface area contributed by atoms with Gasteiger partial charge in [-0.05, 0) is 60.7 Å². The molecular weight excluding hydrogens is 360 g/mol. The molecule has 0 saturated carbocycles. The molecule has 0 aromatic heterocycles. The van der Waals surface area contributed by atoms with E-state index in [0.29, 0.717) is 28.6 Å². The first-order valence-corrected chi connectivity index (χ1v) is 8.10. The monoisotopic (exact) mass is 374 g/mol. The fourth-order valence-corrected chi connectivity index (χ4v) is 2.41. The van der Waals surface area contributed by atoms with E-state index < -0.39 is 11.9 Å². The lowest BCUT2D eigenvalue weighted by atomic mass is 10.1. The van der Waals surface area contributed by atoms with E-state index in [2.05, 4.69) is 5.92 Å². The van der Waals surface area contributed by atoms with E-state index in [-0.39, 0.29) is 11.1 Å². The van der Waals surface area contributed by atoms with Crippen LogP contribution in [0.4, 0.5) is 0 Å². The number of hydrogen-bond acceptors (Lipinski definition) is 4. The zero-order valence-electron chi connectivity index (χ0n) is 14.5. The number of carboxylic acids is 2. The lowest BCUT2D eigenvalue weighted by Crippen LogP contribution is -1.97.